The van der Waals surface area contributed by atoms with Gasteiger partial charge in [0.15, 0.2) is 0 Å². The molecule has 0 saturated carbocycles. The number of rotatable bonds is 10. The van der Waals surface area contributed by atoms with Crippen LogP contribution in [0, 0.1) is 0 Å². The van der Waals surface area contributed by atoms with Gasteiger partial charge in [-0.2, -0.15) is 20.4 Å². The molecular weight excluding hydrogens is 504 g/mol. The van der Waals surface area contributed by atoms with Gasteiger partial charge in [0.05, 0.1) is 53.3 Å². The Bertz CT molecular complexity index is 1170. The second-order valence-corrected chi connectivity index (χ2v) is 8.07. The van der Waals surface area contributed by atoms with Gasteiger partial charge in [0.25, 0.3) is 0 Å². The van der Waals surface area contributed by atoms with Gasteiger partial charge in [-0.15, -0.1) is 0 Å². The van der Waals surface area contributed by atoms with Crippen molar-refractivity contribution in [1.82, 2.24) is 0 Å². The Morgan fingerprint density at radius 1 is 0.325 bits per heavy atom. The molecule has 0 amide bonds. The van der Waals surface area contributed by atoms with Crippen molar-refractivity contribution >= 4 is 24.9 Å². The van der Waals surface area contributed by atoms with Gasteiger partial charge in [-0.05, 0) is 119 Å². The average Bonchev–Trinajstić information content (AvgIpc) is 3.03. The maximum Gasteiger partial charge on any atom is 0.118 e. The van der Waals surface area contributed by atoms with E-state index in [0.717, 1.165) is 45.3 Å². The van der Waals surface area contributed by atoms with Crippen molar-refractivity contribution in [3.05, 3.63) is 119 Å². The number of methoxy groups -OCH3 is 4. The van der Waals surface area contributed by atoms with Crippen LogP contribution in [0.3, 0.4) is 0 Å². The monoisotopic (exact) mass is 536 g/mol. The summed E-state index contributed by atoms with van der Waals surface area (Å²) in [6.45, 7) is 0. The van der Waals surface area contributed by atoms with E-state index >= 15 is 0 Å². The molecule has 204 valence electrons. The van der Waals surface area contributed by atoms with Gasteiger partial charge < -0.3 is 18.9 Å². The molecule has 0 bridgehead atoms. The Hall–Kier alpha value is -5.24. The molecule has 0 heterocycles. The molecule has 8 nitrogen and oxygen atoms in total. The van der Waals surface area contributed by atoms with Crippen LogP contribution in [0.2, 0.25) is 0 Å². The van der Waals surface area contributed by atoms with Crippen molar-refractivity contribution in [3.63, 3.8) is 0 Å². The molecular formula is C32H32N4O4. The molecule has 0 radical (unpaired) electrons. The molecule has 0 saturated heterocycles. The summed E-state index contributed by atoms with van der Waals surface area (Å²) in [4.78, 5) is 0. The number of hydrogen-bond donors (Lipinski definition) is 0. The molecule has 0 N–H and O–H groups in total. The third-order valence-corrected chi connectivity index (χ3v) is 5.42. The van der Waals surface area contributed by atoms with E-state index < -0.39 is 0 Å². The molecule has 0 aliphatic rings. The molecule has 4 aromatic carbocycles. The van der Waals surface area contributed by atoms with Gasteiger partial charge in [0, 0.05) is 0 Å². The van der Waals surface area contributed by atoms with Crippen LogP contribution in [0.1, 0.15) is 22.3 Å². The molecule has 0 unspecified atom stereocenters. The van der Waals surface area contributed by atoms with Crippen molar-refractivity contribution < 1.29 is 18.9 Å². The zero-order valence-corrected chi connectivity index (χ0v) is 23.0. The van der Waals surface area contributed by atoms with E-state index in [0.29, 0.717) is 0 Å². The number of benzene rings is 4. The lowest BCUT2D eigenvalue weighted by Crippen LogP contribution is -1.85. The van der Waals surface area contributed by atoms with Crippen molar-refractivity contribution in [1.29, 1.82) is 0 Å². The zero-order valence-electron chi connectivity index (χ0n) is 23.0. The Kier molecular flexibility index (Phi) is 12.1. The molecule has 0 atom stereocenters. The minimum atomic E-state index is 0.823. The predicted octanol–water partition coefficient (Wildman–Crippen LogP) is 6.31. The first-order valence-electron chi connectivity index (χ1n) is 12.3. The molecule has 4 rings (SSSR count). The van der Waals surface area contributed by atoms with Gasteiger partial charge in [0.2, 0.25) is 0 Å². The fraction of sp³-hybridized carbons (Fsp3) is 0.125. The second-order valence-electron chi connectivity index (χ2n) is 8.07. The zero-order chi connectivity index (χ0) is 28.4. The van der Waals surface area contributed by atoms with Crippen LogP contribution >= 0.6 is 0 Å². The first-order chi connectivity index (χ1) is 19.6. The molecule has 0 fully saturated rings. The highest BCUT2D eigenvalue weighted by Gasteiger charge is 1.93. The van der Waals surface area contributed by atoms with Crippen LogP contribution in [0.4, 0.5) is 0 Å². The highest BCUT2D eigenvalue weighted by Crippen LogP contribution is 2.12. The smallest absolute Gasteiger partial charge is 0.118 e. The van der Waals surface area contributed by atoms with E-state index in [9.17, 15) is 0 Å². The van der Waals surface area contributed by atoms with Gasteiger partial charge >= 0.3 is 0 Å². The second kappa shape index (κ2) is 16.6. The summed E-state index contributed by atoms with van der Waals surface area (Å²) in [5.41, 5.74) is 3.88. The van der Waals surface area contributed by atoms with Crippen molar-refractivity contribution in [2.45, 2.75) is 0 Å². The van der Waals surface area contributed by atoms with Crippen LogP contribution in [0.5, 0.6) is 23.0 Å². The quantitative estimate of drug-likeness (QED) is 0.175. The lowest BCUT2D eigenvalue weighted by atomic mass is 10.2. The number of nitrogens with zero attached hydrogens (tertiary/aromatic N) is 4. The lowest BCUT2D eigenvalue weighted by molar-refractivity contribution is 0.414. The SMILES string of the molecule is COc1ccc(/C=N/N=C/c2ccc(OC)cc2)cc1.COc1ccc(/C=N/N=C/c2ccc(OC)cc2)cc1. The highest BCUT2D eigenvalue weighted by atomic mass is 16.5. The Balaban J connectivity index is 0.000000220. The maximum atomic E-state index is 5.09. The summed E-state index contributed by atoms with van der Waals surface area (Å²) < 4.78 is 20.3. The number of ether oxygens (including phenoxy) is 4. The first kappa shape index (κ1) is 29.3. The van der Waals surface area contributed by atoms with Crippen LogP contribution < -0.4 is 18.9 Å². The van der Waals surface area contributed by atoms with E-state index in [1.54, 1.807) is 53.3 Å². The van der Waals surface area contributed by atoms with Crippen molar-refractivity contribution in [2.24, 2.45) is 20.4 Å². The van der Waals surface area contributed by atoms with Gasteiger partial charge in [-0.25, -0.2) is 0 Å². The molecule has 8 heteroatoms. The predicted molar refractivity (Wildman–Crippen MR) is 162 cm³/mol. The summed E-state index contributed by atoms with van der Waals surface area (Å²) in [5, 5.41) is 16.0. The first-order valence-corrected chi connectivity index (χ1v) is 12.3. The van der Waals surface area contributed by atoms with Crippen LogP contribution in [-0.4, -0.2) is 53.3 Å². The summed E-state index contributed by atoms with van der Waals surface area (Å²) in [6.07, 6.45) is 6.78. The van der Waals surface area contributed by atoms with Crippen LogP contribution in [0.25, 0.3) is 0 Å². The fourth-order valence-corrected chi connectivity index (χ4v) is 3.16. The Labute approximate surface area is 235 Å². The molecule has 40 heavy (non-hydrogen) atoms. The van der Waals surface area contributed by atoms with Crippen LogP contribution in [0.15, 0.2) is 117 Å². The summed E-state index contributed by atoms with van der Waals surface area (Å²) in [5.74, 6) is 3.29. The normalized spacial score (nSPS) is 11.1. The average molecular weight is 537 g/mol. The Morgan fingerprint density at radius 2 is 0.500 bits per heavy atom. The highest BCUT2D eigenvalue weighted by molar-refractivity contribution is 5.83. The van der Waals surface area contributed by atoms with E-state index in [-0.39, 0.29) is 0 Å². The molecule has 0 spiro atoms. The van der Waals surface area contributed by atoms with Crippen molar-refractivity contribution in [3.8, 4) is 23.0 Å². The van der Waals surface area contributed by atoms with E-state index in [1.165, 1.54) is 0 Å². The van der Waals surface area contributed by atoms with Crippen LogP contribution in [-0.2, 0) is 0 Å². The van der Waals surface area contributed by atoms with E-state index in [2.05, 4.69) is 20.4 Å². The van der Waals surface area contributed by atoms with Gasteiger partial charge in [-0.3, -0.25) is 0 Å². The third-order valence-electron chi connectivity index (χ3n) is 5.42. The summed E-state index contributed by atoms with van der Waals surface area (Å²) in [7, 11) is 6.56. The minimum Gasteiger partial charge on any atom is -0.497 e. The van der Waals surface area contributed by atoms with E-state index in [1.807, 2.05) is 97.1 Å². The molecule has 0 aliphatic heterocycles. The molecule has 0 aliphatic carbocycles. The Morgan fingerprint density at radius 3 is 0.650 bits per heavy atom. The molecule has 0 aromatic heterocycles. The largest absolute Gasteiger partial charge is 0.497 e. The lowest BCUT2D eigenvalue weighted by Gasteiger charge is -1.98. The van der Waals surface area contributed by atoms with Gasteiger partial charge in [0.1, 0.15) is 23.0 Å². The van der Waals surface area contributed by atoms with Gasteiger partial charge in [-0.1, -0.05) is 0 Å². The summed E-state index contributed by atoms with van der Waals surface area (Å²) in [6, 6.07) is 30.4. The third kappa shape index (κ3) is 10.3. The summed E-state index contributed by atoms with van der Waals surface area (Å²) >= 11 is 0. The molecule has 4 aromatic rings. The minimum absolute atomic E-state index is 0.823. The maximum absolute atomic E-state index is 5.09. The number of hydrogen-bond acceptors (Lipinski definition) is 8. The standard InChI is InChI=1S/2C16H16N2O2/c2*1-19-15-7-3-13(4-8-15)11-17-18-12-14-5-9-16(20-2)10-6-14/h2*3-12H,1-2H3/b2*17-11+,18-12+. The topological polar surface area (TPSA) is 86.4 Å². The fourth-order valence-electron chi connectivity index (χ4n) is 3.16. The van der Waals surface area contributed by atoms with E-state index in [4.69, 9.17) is 18.9 Å². The van der Waals surface area contributed by atoms with Crippen molar-refractivity contribution in [2.75, 3.05) is 28.4 Å².